The van der Waals surface area contributed by atoms with E-state index in [4.69, 9.17) is 37.7 Å². The number of aromatic amines is 2. The second-order valence-corrected chi connectivity index (χ2v) is 16.6. The summed E-state index contributed by atoms with van der Waals surface area (Å²) in [6, 6.07) is 47.1. The zero-order valence-corrected chi connectivity index (χ0v) is 34.2. The fourth-order valence-electron chi connectivity index (χ4n) is 7.56. The molecule has 0 radical (unpaired) electrons. The third-order valence-electron chi connectivity index (χ3n) is 10.1. The number of alkyl halides is 2. The molecule has 11 heteroatoms. The van der Waals surface area contributed by atoms with E-state index in [1.807, 2.05) is 66.7 Å². The van der Waals surface area contributed by atoms with Gasteiger partial charge in [-0.3, -0.25) is 0 Å². The molecule has 2 aliphatic heterocycles. The van der Waals surface area contributed by atoms with Gasteiger partial charge in [0, 0.05) is 69.2 Å². The van der Waals surface area contributed by atoms with E-state index < -0.39 is 7.67 Å². The van der Waals surface area contributed by atoms with E-state index in [1.54, 1.807) is 0 Å². The topological polar surface area (TPSA) is 108 Å². The van der Waals surface area contributed by atoms with Crippen LogP contribution in [0.25, 0.3) is 90.9 Å². The van der Waals surface area contributed by atoms with Crippen molar-refractivity contribution in [3.05, 3.63) is 162 Å². The third-order valence-corrected chi connectivity index (χ3v) is 12.3. The van der Waals surface area contributed by atoms with Crippen molar-refractivity contribution in [1.82, 2.24) is 30.1 Å². The molecule has 0 aliphatic carbocycles. The highest BCUT2D eigenvalue weighted by Gasteiger charge is 2.24. The highest BCUT2D eigenvalue weighted by Crippen LogP contribution is 2.41. The van der Waals surface area contributed by atoms with Gasteiger partial charge in [0.25, 0.3) is 0 Å². The van der Waals surface area contributed by atoms with Crippen LogP contribution < -0.4 is 14.7 Å². The Bertz CT molecular complexity index is 2860. The van der Waals surface area contributed by atoms with Crippen LogP contribution in [-0.4, -0.2) is 44.8 Å². The van der Waals surface area contributed by atoms with Crippen LogP contribution in [0.5, 0.6) is 5.75 Å². The molecular weight excluding hydrogens is 794 g/mol. The Labute approximate surface area is 352 Å². The highest BCUT2D eigenvalue weighted by atomic mass is 35.5. The first-order valence-electron chi connectivity index (χ1n) is 19.3. The molecule has 0 amide bonds. The summed E-state index contributed by atoms with van der Waals surface area (Å²) in [4.78, 5) is 18.3. The summed E-state index contributed by atoms with van der Waals surface area (Å²) in [5.41, 5.74) is 14.8. The Balaban J connectivity index is 1.33. The van der Waals surface area contributed by atoms with Crippen molar-refractivity contribution in [2.45, 2.75) is 0 Å². The Hall–Kier alpha value is -5.99. The van der Waals surface area contributed by atoms with E-state index in [-0.39, 0.29) is 11.8 Å². The van der Waals surface area contributed by atoms with Crippen LogP contribution >= 0.6 is 30.9 Å². The molecule has 8 bridgehead atoms. The van der Waals surface area contributed by atoms with Gasteiger partial charge in [-0.25, -0.2) is 24.7 Å². The Morgan fingerprint density at radius 3 is 1.10 bits per heavy atom. The third kappa shape index (κ3) is 8.06. The normalized spacial score (nSPS) is 12.2. The van der Waals surface area contributed by atoms with E-state index in [0.717, 1.165) is 89.4 Å². The van der Waals surface area contributed by atoms with Crippen LogP contribution in [0.2, 0.25) is 0 Å². The van der Waals surface area contributed by atoms with Crippen LogP contribution in [0.1, 0.15) is 22.8 Å². The molecule has 8 nitrogen and oxygen atoms in total. The molecule has 3 aromatic heterocycles. The number of fused-ring (bicyclic) bond motifs is 8. The van der Waals surface area contributed by atoms with Gasteiger partial charge in [-0.15, -0.1) is 23.2 Å². The van der Waals surface area contributed by atoms with E-state index in [0.29, 0.717) is 18.8 Å². The van der Waals surface area contributed by atoms with Gasteiger partial charge < -0.3 is 14.5 Å². The molecule has 4 N–H and O–H groups in total. The minimum absolute atomic E-state index is 0.272. The minimum Gasteiger partial charge on any atom is -0.422 e. The van der Waals surface area contributed by atoms with E-state index in [2.05, 4.69) is 117 Å². The summed E-state index contributed by atoms with van der Waals surface area (Å²) < 4.78 is 19.7. The van der Waals surface area contributed by atoms with Crippen molar-refractivity contribution in [3.63, 3.8) is 0 Å². The van der Waals surface area contributed by atoms with Crippen LogP contribution in [0.4, 0.5) is 0 Å². The van der Waals surface area contributed by atoms with Gasteiger partial charge in [0.05, 0.1) is 22.8 Å². The molecule has 292 valence electrons. The number of hydrogen-bond acceptors (Lipinski definition) is 4. The first-order chi connectivity index (χ1) is 29.0. The lowest BCUT2D eigenvalue weighted by Crippen LogP contribution is -2.28. The van der Waals surface area contributed by atoms with Gasteiger partial charge in [-0.2, -0.15) is 0 Å². The maximum absolute atomic E-state index is 13.6. The van der Waals surface area contributed by atoms with Crippen LogP contribution in [0, 0.1) is 0 Å². The molecule has 7 aromatic rings. The Morgan fingerprint density at radius 2 is 0.780 bits per heavy atom. The van der Waals surface area contributed by atoms with Crippen molar-refractivity contribution in [3.8, 4) is 50.3 Å². The predicted octanol–water partition coefficient (Wildman–Crippen LogP) is 12.5. The Kier molecular flexibility index (Phi) is 11.2. The maximum Gasteiger partial charge on any atom is 0.390 e. The summed E-state index contributed by atoms with van der Waals surface area (Å²) in [5, 5.41) is 5.82. The molecule has 0 saturated carbocycles. The summed E-state index contributed by atoms with van der Waals surface area (Å²) in [6.07, 6.45) is 8.34. The number of H-pyrrole nitrogens is 2. The first-order valence-corrected chi connectivity index (χ1v) is 22.0. The van der Waals surface area contributed by atoms with E-state index in [1.165, 1.54) is 0 Å². The predicted molar refractivity (Wildman–Crippen MR) is 246 cm³/mol. The summed E-state index contributed by atoms with van der Waals surface area (Å²) in [7, 11) is -3.48. The van der Waals surface area contributed by atoms with Crippen molar-refractivity contribution in [2.24, 2.45) is 0 Å². The molecule has 0 saturated heterocycles. The first kappa shape index (κ1) is 38.5. The quantitative estimate of drug-likeness (QED) is 0.0721. The average molecular weight is 834 g/mol. The van der Waals surface area contributed by atoms with Crippen molar-refractivity contribution < 1.29 is 9.09 Å². The number of halogens is 2. The Morgan fingerprint density at radius 1 is 0.458 bits per heavy atom. The molecule has 2 aliphatic rings. The van der Waals surface area contributed by atoms with E-state index in [9.17, 15) is 4.57 Å². The molecular formula is C48H39Cl2N6O2P. The number of rotatable bonds is 12. The van der Waals surface area contributed by atoms with Gasteiger partial charge in [-0.1, -0.05) is 103 Å². The monoisotopic (exact) mass is 832 g/mol. The lowest BCUT2D eigenvalue weighted by atomic mass is 10.0. The second-order valence-electron chi connectivity index (χ2n) is 14.0. The zero-order chi connectivity index (χ0) is 40.2. The molecule has 0 fully saturated rings. The molecule has 4 aromatic carbocycles. The smallest absolute Gasteiger partial charge is 0.390 e. The summed E-state index contributed by atoms with van der Waals surface area (Å²) in [5.74, 6) is 0.965. The largest absolute Gasteiger partial charge is 0.422 e. The highest BCUT2D eigenvalue weighted by molar-refractivity contribution is 7.55. The fourth-order valence-corrected chi connectivity index (χ4v) is 9.49. The molecule has 0 unspecified atom stereocenters. The molecule has 59 heavy (non-hydrogen) atoms. The number of benzene rings is 4. The van der Waals surface area contributed by atoms with Gasteiger partial charge in [0.2, 0.25) is 0 Å². The van der Waals surface area contributed by atoms with Crippen molar-refractivity contribution in [2.75, 3.05) is 24.8 Å². The standard InChI is InChI=1S/C48H39Cl2N6O2P/c49-28-30-51-59(57,52-31-29-50)58-36-18-16-35(17-19-36)48-43-26-24-41(55-43)46(33-12-6-2-7-13-33)39-22-20-37(53-39)45(32-10-4-1-5-11-32)38-21-23-40(54-38)47(34-14-8-3-9-15-34)42-25-27-44(48)56-42/h1-27,53,56H,28-31H2,(H2,51,52,57). The number of aromatic nitrogens is 4. The SMILES string of the molecule is O=P(NCCCl)(NCCCl)Oc1ccc(-c2c3nc(c(-c4ccccc4)c4ccc([nH]4)c(-c4ccccc4)c4nc(c(-c5ccccc5)c5ccc2[nH]5)C=C4)C=C3)cc1. The van der Waals surface area contributed by atoms with Gasteiger partial charge in [-0.05, 0) is 83.0 Å². The summed E-state index contributed by atoms with van der Waals surface area (Å²) in [6.45, 7) is 0.595. The van der Waals surface area contributed by atoms with Crippen LogP contribution in [0.3, 0.4) is 0 Å². The lowest BCUT2D eigenvalue weighted by Gasteiger charge is -2.20. The zero-order valence-electron chi connectivity index (χ0n) is 31.8. The minimum atomic E-state index is -3.48. The molecule has 0 spiro atoms. The molecule has 9 rings (SSSR count). The number of nitrogens with one attached hydrogen (secondary N) is 4. The lowest BCUT2D eigenvalue weighted by molar-refractivity contribution is 0.455. The number of hydrogen-bond donors (Lipinski definition) is 4. The fraction of sp³-hybridized carbons (Fsp3) is 0.0833. The second kappa shape index (κ2) is 17.1. The van der Waals surface area contributed by atoms with Crippen molar-refractivity contribution >= 4 is 77.2 Å². The summed E-state index contributed by atoms with van der Waals surface area (Å²) >= 11 is 11.8. The van der Waals surface area contributed by atoms with Crippen LogP contribution in [-0.2, 0) is 4.57 Å². The molecule has 5 heterocycles. The van der Waals surface area contributed by atoms with Gasteiger partial charge in [0.1, 0.15) is 5.75 Å². The van der Waals surface area contributed by atoms with Crippen molar-refractivity contribution in [1.29, 1.82) is 0 Å². The maximum atomic E-state index is 13.6. The van der Waals surface area contributed by atoms with E-state index >= 15 is 0 Å². The van der Waals surface area contributed by atoms with Gasteiger partial charge in [0.15, 0.2) is 0 Å². The average Bonchev–Trinajstić information content (AvgIpc) is 4.12. The molecule has 0 atom stereocenters. The van der Waals surface area contributed by atoms with Crippen LogP contribution in [0.15, 0.2) is 140 Å². The number of nitrogens with zero attached hydrogens (tertiary/aromatic N) is 2. The van der Waals surface area contributed by atoms with Gasteiger partial charge >= 0.3 is 7.67 Å².